The van der Waals surface area contributed by atoms with Crippen LogP contribution in [0.1, 0.15) is 24.2 Å². The minimum absolute atomic E-state index is 0.00829. The molecule has 1 atom stereocenters. The summed E-state index contributed by atoms with van der Waals surface area (Å²) in [5, 5.41) is 8.20. The summed E-state index contributed by atoms with van der Waals surface area (Å²) >= 11 is 1.35. The number of carbonyl (C=O) groups excluding carboxylic acids is 2. The molecule has 0 saturated carbocycles. The van der Waals surface area contributed by atoms with Crippen LogP contribution in [0.25, 0.3) is 11.0 Å². The maximum absolute atomic E-state index is 12.4. The molecule has 0 aliphatic heterocycles. The van der Waals surface area contributed by atoms with Crippen molar-refractivity contribution in [1.29, 1.82) is 0 Å². The van der Waals surface area contributed by atoms with E-state index < -0.39 is 0 Å². The minimum Gasteiger partial charge on any atom is -0.325 e. The largest absolute Gasteiger partial charge is 0.325 e. The summed E-state index contributed by atoms with van der Waals surface area (Å²) in [5.74, 6) is -0.151. The Labute approximate surface area is 148 Å². The number of nitrogens with one attached hydrogen (secondary N) is 1. The Morgan fingerprint density at radius 1 is 1.20 bits per heavy atom. The van der Waals surface area contributed by atoms with Crippen molar-refractivity contribution in [3.8, 4) is 0 Å². The van der Waals surface area contributed by atoms with E-state index in [1.165, 1.54) is 25.0 Å². The summed E-state index contributed by atoms with van der Waals surface area (Å²) in [6.07, 6.45) is 3.17. The maximum Gasteiger partial charge on any atom is 0.237 e. The third-order valence-corrected chi connectivity index (χ3v) is 4.83. The van der Waals surface area contributed by atoms with Gasteiger partial charge in [-0.1, -0.05) is 11.8 Å². The van der Waals surface area contributed by atoms with Gasteiger partial charge < -0.3 is 5.32 Å². The van der Waals surface area contributed by atoms with Crippen molar-refractivity contribution in [3.05, 3.63) is 42.4 Å². The third kappa shape index (κ3) is 3.69. The number of carbonyl (C=O) groups is 2. The van der Waals surface area contributed by atoms with E-state index in [-0.39, 0.29) is 16.9 Å². The second-order valence-electron chi connectivity index (χ2n) is 5.57. The molecule has 0 aliphatic rings. The van der Waals surface area contributed by atoms with E-state index in [4.69, 9.17) is 0 Å². The number of hydrogen-bond donors (Lipinski definition) is 1. The van der Waals surface area contributed by atoms with Crippen LogP contribution in [0.15, 0.2) is 41.8 Å². The number of Topliss-reactive ketones (excluding diaryl/α,β-unsaturated/α-hetero) is 1. The van der Waals surface area contributed by atoms with Gasteiger partial charge in [0.05, 0.1) is 16.8 Å². The van der Waals surface area contributed by atoms with Crippen molar-refractivity contribution in [1.82, 2.24) is 19.7 Å². The van der Waals surface area contributed by atoms with Gasteiger partial charge in [-0.05, 0) is 38.1 Å². The number of aromatic nitrogens is 4. The number of ketones is 1. The van der Waals surface area contributed by atoms with E-state index >= 15 is 0 Å². The van der Waals surface area contributed by atoms with Crippen LogP contribution in [0.4, 0.5) is 5.69 Å². The number of amides is 1. The molecule has 3 rings (SSSR count). The van der Waals surface area contributed by atoms with Gasteiger partial charge >= 0.3 is 0 Å². The van der Waals surface area contributed by atoms with Crippen molar-refractivity contribution >= 4 is 40.2 Å². The third-order valence-electron chi connectivity index (χ3n) is 3.71. The van der Waals surface area contributed by atoms with Gasteiger partial charge in [0.1, 0.15) is 11.4 Å². The van der Waals surface area contributed by atoms with Gasteiger partial charge in [-0.2, -0.15) is 5.10 Å². The van der Waals surface area contributed by atoms with E-state index in [2.05, 4.69) is 20.4 Å². The lowest BCUT2D eigenvalue weighted by atomic mass is 10.1. The highest BCUT2D eigenvalue weighted by atomic mass is 32.2. The second-order valence-corrected chi connectivity index (χ2v) is 6.90. The molecule has 2 heterocycles. The van der Waals surface area contributed by atoms with Gasteiger partial charge in [-0.15, -0.1) is 0 Å². The number of rotatable bonds is 5. The quantitative estimate of drug-likeness (QED) is 0.430. The number of thioether (sulfide) groups is 1. The first-order chi connectivity index (χ1) is 12.0. The monoisotopic (exact) mass is 355 g/mol. The fourth-order valence-corrected chi connectivity index (χ4v) is 3.17. The second kappa shape index (κ2) is 7.02. The fraction of sp³-hybridized carbons (Fsp3) is 0.235. The fourth-order valence-electron chi connectivity index (χ4n) is 2.29. The Morgan fingerprint density at radius 2 is 1.92 bits per heavy atom. The molecular formula is C17H17N5O2S. The van der Waals surface area contributed by atoms with Gasteiger partial charge in [0.25, 0.3) is 0 Å². The average molecular weight is 355 g/mol. The number of hydrogen-bond acceptors (Lipinski definition) is 6. The summed E-state index contributed by atoms with van der Waals surface area (Å²) in [4.78, 5) is 32.2. The lowest BCUT2D eigenvalue weighted by Crippen LogP contribution is -2.22. The molecule has 0 fully saturated rings. The Hall–Kier alpha value is -2.74. The molecule has 1 N–H and O–H groups in total. The molecule has 0 aliphatic carbocycles. The van der Waals surface area contributed by atoms with E-state index in [1.54, 1.807) is 35.1 Å². The Bertz CT molecular complexity index is 936. The van der Waals surface area contributed by atoms with Gasteiger partial charge in [0.2, 0.25) is 5.91 Å². The average Bonchev–Trinajstić information content (AvgIpc) is 2.97. The van der Waals surface area contributed by atoms with E-state index in [0.717, 1.165) is 11.0 Å². The SMILES string of the molecule is CC(=O)c1ccc(NC(=O)C(C)Sc2ncnc3c2cnn3C)cc1. The number of fused-ring (bicyclic) bond motifs is 1. The smallest absolute Gasteiger partial charge is 0.237 e. The molecule has 0 spiro atoms. The molecule has 128 valence electrons. The summed E-state index contributed by atoms with van der Waals surface area (Å²) in [6.45, 7) is 3.32. The molecule has 8 heteroatoms. The Balaban J connectivity index is 1.70. The summed E-state index contributed by atoms with van der Waals surface area (Å²) in [5.41, 5.74) is 1.99. The molecule has 25 heavy (non-hydrogen) atoms. The zero-order valence-electron chi connectivity index (χ0n) is 14.1. The first-order valence-corrected chi connectivity index (χ1v) is 8.55. The van der Waals surface area contributed by atoms with Crippen molar-refractivity contribution in [2.24, 2.45) is 7.05 Å². The molecule has 0 radical (unpaired) electrons. The normalized spacial score (nSPS) is 12.1. The standard InChI is InChI=1S/C17H17N5O2S/c1-10(23)12-4-6-13(7-5-12)21-16(24)11(2)25-17-14-8-20-22(3)15(14)18-9-19-17/h4-9,11H,1-3H3,(H,21,24). The van der Waals surface area contributed by atoms with Crippen LogP contribution in [-0.2, 0) is 11.8 Å². The van der Waals surface area contributed by atoms with Gasteiger partial charge in [-0.3, -0.25) is 14.3 Å². The van der Waals surface area contributed by atoms with Gasteiger partial charge in [0, 0.05) is 18.3 Å². The predicted molar refractivity (Wildman–Crippen MR) is 96.7 cm³/mol. The highest BCUT2D eigenvalue weighted by Crippen LogP contribution is 2.28. The van der Waals surface area contributed by atoms with Gasteiger partial charge in [-0.25, -0.2) is 9.97 Å². The zero-order valence-corrected chi connectivity index (χ0v) is 14.9. The van der Waals surface area contributed by atoms with Crippen LogP contribution >= 0.6 is 11.8 Å². The molecule has 3 aromatic rings. The van der Waals surface area contributed by atoms with Crippen LogP contribution in [0.5, 0.6) is 0 Å². The topological polar surface area (TPSA) is 89.8 Å². The number of anilines is 1. The molecule has 1 aromatic carbocycles. The molecule has 2 aromatic heterocycles. The highest BCUT2D eigenvalue weighted by molar-refractivity contribution is 8.00. The number of nitrogens with zero attached hydrogens (tertiary/aromatic N) is 4. The van der Waals surface area contributed by atoms with Crippen LogP contribution in [0, 0.1) is 0 Å². The lowest BCUT2D eigenvalue weighted by molar-refractivity contribution is -0.115. The molecule has 0 bridgehead atoms. The van der Waals surface area contributed by atoms with Crippen LogP contribution < -0.4 is 5.32 Å². The zero-order chi connectivity index (χ0) is 18.0. The first kappa shape index (κ1) is 17.1. The Morgan fingerprint density at radius 3 is 2.60 bits per heavy atom. The van der Waals surface area contributed by atoms with E-state index in [1.807, 2.05) is 14.0 Å². The van der Waals surface area contributed by atoms with Crippen LogP contribution in [0.3, 0.4) is 0 Å². The number of benzene rings is 1. The highest BCUT2D eigenvalue weighted by Gasteiger charge is 2.18. The summed E-state index contributed by atoms with van der Waals surface area (Å²) in [7, 11) is 1.81. The van der Waals surface area contributed by atoms with Crippen molar-refractivity contribution in [2.45, 2.75) is 24.1 Å². The van der Waals surface area contributed by atoms with Crippen LogP contribution in [0.2, 0.25) is 0 Å². The molecule has 7 nitrogen and oxygen atoms in total. The van der Waals surface area contributed by atoms with Crippen molar-refractivity contribution in [2.75, 3.05) is 5.32 Å². The van der Waals surface area contributed by atoms with Gasteiger partial charge in [0.15, 0.2) is 11.4 Å². The lowest BCUT2D eigenvalue weighted by Gasteiger charge is -2.12. The predicted octanol–water partition coefficient (Wildman–Crippen LogP) is 2.69. The number of aryl methyl sites for hydroxylation is 1. The first-order valence-electron chi connectivity index (χ1n) is 7.67. The van der Waals surface area contributed by atoms with Crippen molar-refractivity contribution in [3.63, 3.8) is 0 Å². The molecule has 0 saturated heterocycles. The van der Waals surface area contributed by atoms with Crippen molar-refractivity contribution < 1.29 is 9.59 Å². The van der Waals surface area contributed by atoms with Crippen LogP contribution in [-0.4, -0.2) is 36.7 Å². The van der Waals surface area contributed by atoms with E-state index in [0.29, 0.717) is 16.3 Å². The molecular weight excluding hydrogens is 338 g/mol. The Kier molecular flexibility index (Phi) is 4.80. The summed E-state index contributed by atoms with van der Waals surface area (Å²) < 4.78 is 1.67. The molecule has 1 amide bonds. The van der Waals surface area contributed by atoms with E-state index in [9.17, 15) is 9.59 Å². The minimum atomic E-state index is -0.356. The molecule has 1 unspecified atom stereocenters. The summed E-state index contributed by atoms with van der Waals surface area (Å²) in [6, 6.07) is 6.82. The maximum atomic E-state index is 12.4.